The molecule has 21 heavy (non-hydrogen) atoms. The molecule has 0 spiro atoms. The van der Waals surface area contributed by atoms with E-state index in [1.54, 1.807) is 11.1 Å². The number of rotatable bonds is 4. The molecule has 1 aliphatic rings. The average molecular weight is 291 g/mol. The first-order valence-corrected chi connectivity index (χ1v) is 7.14. The summed E-state index contributed by atoms with van der Waals surface area (Å²) in [5.41, 5.74) is 1.06. The molecule has 2 heterocycles. The Morgan fingerprint density at radius 3 is 2.76 bits per heavy atom. The highest BCUT2D eigenvalue weighted by Gasteiger charge is 2.44. The molecule has 1 atom stereocenters. The number of aromatic nitrogens is 1. The maximum absolute atomic E-state index is 12.1. The van der Waals surface area contributed by atoms with Crippen molar-refractivity contribution in [2.45, 2.75) is 33.2 Å². The largest absolute Gasteiger partial charge is 0.481 e. The second-order valence-electron chi connectivity index (χ2n) is 5.58. The number of hydrogen-bond acceptors (Lipinski definition) is 3. The number of hydrogen-bond donors (Lipinski definition) is 2. The number of aliphatic carboxylic acids is 1. The molecule has 1 fully saturated rings. The Morgan fingerprint density at radius 1 is 1.48 bits per heavy atom. The van der Waals surface area contributed by atoms with Crippen LogP contribution in [0.1, 0.15) is 31.0 Å². The van der Waals surface area contributed by atoms with E-state index in [1.807, 2.05) is 26.0 Å². The van der Waals surface area contributed by atoms with Crippen molar-refractivity contribution in [1.82, 2.24) is 15.2 Å². The van der Waals surface area contributed by atoms with Crippen LogP contribution in [0.25, 0.3) is 0 Å². The topological polar surface area (TPSA) is 82.5 Å². The summed E-state index contributed by atoms with van der Waals surface area (Å²) in [7, 11) is 0. The summed E-state index contributed by atoms with van der Waals surface area (Å²) >= 11 is 0. The molecule has 0 aliphatic carbocycles. The Labute approximate surface area is 124 Å². The smallest absolute Gasteiger partial charge is 0.317 e. The molecule has 0 bridgehead atoms. The number of amides is 2. The molecule has 2 rings (SSSR count). The summed E-state index contributed by atoms with van der Waals surface area (Å²) in [6.07, 6.45) is 2.78. The van der Waals surface area contributed by atoms with Gasteiger partial charge in [0.25, 0.3) is 0 Å². The number of nitrogens with one attached hydrogen (secondary N) is 1. The zero-order valence-corrected chi connectivity index (χ0v) is 12.4. The van der Waals surface area contributed by atoms with E-state index >= 15 is 0 Å². The van der Waals surface area contributed by atoms with Crippen LogP contribution in [0.3, 0.4) is 0 Å². The molecular weight excluding hydrogens is 270 g/mol. The monoisotopic (exact) mass is 291 g/mol. The second-order valence-corrected chi connectivity index (χ2v) is 5.58. The summed E-state index contributed by atoms with van der Waals surface area (Å²) in [5.74, 6) is -0.817. The fraction of sp³-hybridized carbons (Fsp3) is 0.533. The molecule has 1 unspecified atom stereocenters. The number of nitrogens with zero attached hydrogens (tertiary/aromatic N) is 2. The Hall–Kier alpha value is -2.11. The maximum Gasteiger partial charge on any atom is 0.317 e. The van der Waals surface area contributed by atoms with Gasteiger partial charge in [0, 0.05) is 31.5 Å². The number of aryl methyl sites for hydroxylation is 1. The van der Waals surface area contributed by atoms with Crippen molar-refractivity contribution >= 4 is 12.0 Å². The lowest BCUT2D eigenvalue weighted by Gasteiger charge is -2.23. The third-order valence-corrected chi connectivity index (χ3v) is 4.19. The molecule has 114 valence electrons. The van der Waals surface area contributed by atoms with E-state index in [-0.39, 0.29) is 12.6 Å². The summed E-state index contributed by atoms with van der Waals surface area (Å²) in [6.45, 7) is 4.92. The van der Waals surface area contributed by atoms with Crippen LogP contribution in [-0.4, -0.2) is 40.1 Å². The normalized spacial score (nSPS) is 21.3. The Kier molecular flexibility index (Phi) is 4.45. The van der Waals surface area contributed by atoms with Crippen molar-refractivity contribution in [3.63, 3.8) is 0 Å². The zero-order valence-electron chi connectivity index (χ0n) is 12.4. The predicted octanol–water partition coefficient (Wildman–Crippen LogP) is 1.79. The Balaban J connectivity index is 1.90. The van der Waals surface area contributed by atoms with Crippen LogP contribution in [0.4, 0.5) is 4.79 Å². The highest BCUT2D eigenvalue weighted by atomic mass is 16.4. The summed E-state index contributed by atoms with van der Waals surface area (Å²) in [4.78, 5) is 29.2. The van der Waals surface area contributed by atoms with Crippen LogP contribution in [-0.2, 0) is 11.3 Å². The van der Waals surface area contributed by atoms with Crippen LogP contribution in [0.5, 0.6) is 0 Å². The number of pyridine rings is 1. The van der Waals surface area contributed by atoms with Crippen molar-refractivity contribution in [2.24, 2.45) is 5.41 Å². The third kappa shape index (κ3) is 3.32. The molecule has 1 aromatic rings. The number of carboxylic acids is 1. The van der Waals surface area contributed by atoms with Crippen LogP contribution in [0.2, 0.25) is 0 Å². The fourth-order valence-corrected chi connectivity index (χ4v) is 2.55. The first kappa shape index (κ1) is 15.3. The highest BCUT2D eigenvalue weighted by molar-refractivity contribution is 5.79. The molecule has 1 saturated heterocycles. The number of carbonyl (C=O) groups excluding carboxylic acids is 1. The first-order valence-electron chi connectivity index (χ1n) is 7.14. The maximum atomic E-state index is 12.1. The predicted molar refractivity (Wildman–Crippen MR) is 77.8 cm³/mol. The van der Waals surface area contributed by atoms with Gasteiger partial charge in [0.1, 0.15) is 0 Å². The molecule has 1 aliphatic heterocycles. The van der Waals surface area contributed by atoms with Crippen molar-refractivity contribution in [3.8, 4) is 0 Å². The number of carboxylic acid groups (broad SMARTS) is 1. The van der Waals surface area contributed by atoms with E-state index in [0.717, 1.165) is 11.3 Å². The first-order chi connectivity index (χ1) is 9.97. The molecule has 0 radical (unpaired) electrons. The Morgan fingerprint density at radius 2 is 2.24 bits per heavy atom. The van der Waals surface area contributed by atoms with E-state index < -0.39 is 11.4 Å². The zero-order chi connectivity index (χ0) is 15.5. The Bertz CT molecular complexity index is 529. The van der Waals surface area contributed by atoms with E-state index in [1.165, 1.54) is 0 Å². The molecule has 6 heteroatoms. The van der Waals surface area contributed by atoms with Gasteiger partial charge in [-0.3, -0.25) is 9.78 Å². The lowest BCUT2D eigenvalue weighted by Crippen LogP contribution is -2.41. The summed E-state index contributed by atoms with van der Waals surface area (Å²) < 4.78 is 0. The minimum Gasteiger partial charge on any atom is -0.481 e. The van der Waals surface area contributed by atoms with Crippen molar-refractivity contribution in [1.29, 1.82) is 0 Å². The number of likely N-dealkylation sites (tertiary alicyclic amines) is 1. The summed E-state index contributed by atoms with van der Waals surface area (Å²) in [5, 5.41) is 12.1. The van der Waals surface area contributed by atoms with Crippen LogP contribution >= 0.6 is 0 Å². The number of urea groups is 1. The van der Waals surface area contributed by atoms with Gasteiger partial charge in [-0.25, -0.2) is 4.79 Å². The SMILES string of the molecule is CCC1(C(=O)O)CCN(C(=O)NCc2ccc(C)nc2)C1. The van der Waals surface area contributed by atoms with Gasteiger partial charge in [-0.15, -0.1) is 0 Å². The van der Waals surface area contributed by atoms with Crippen LogP contribution in [0.15, 0.2) is 18.3 Å². The minimum absolute atomic E-state index is 0.216. The van der Waals surface area contributed by atoms with Crippen molar-refractivity contribution in [3.05, 3.63) is 29.6 Å². The quantitative estimate of drug-likeness (QED) is 0.886. The van der Waals surface area contributed by atoms with Gasteiger partial charge < -0.3 is 15.3 Å². The second kappa shape index (κ2) is 6.11. The number of carbonyl (C=O) groups is 2. The van der Waals surface area contributed by atoms with E-state index in [0.29, 0.717) is 25.9 Å². The van der Waals surface area contributed by atoms with Crippen LogP contribution in [0, 0.1) is 12.3 Å². The van der Waals surface area contributed by atoms with E-state index in [2.05, 4.69) is 10.3 Å². The van der Waals surface area contributed by atoms with Crippen molar-refractivity contribution < 1.29 is 14.7 Å². The minimum atomic E-state index is -0.817. The third-order valence-electron chi connectivity index (χ3n) is 4.19. The highest BCUT2D eigenvalue weighted by Crippen LogP contribution is 2.34. The molecule has 1 aromatic heterocycles. The van der Waals surface area contributed by atoms with Gasteiger partial charge in [-0.2, -0.15) is 0 Å². The van der Waals surface area contributed by atoms with E-state index in [9.17, 15) is 14.7 Å². The van der Waals surface area contributed by atoms with Gasteiger partial charge in [0.05, 0.1) is 5.41 Å². The molecule has 2 N–H and O–H groups in total. The van der Waals surface area contributed by atoms with Gasteiger partial charge >= 0.3 is 12.0 Å². The molecular formula is C15H21N3O3. The van der Waals surface area contributed by atoms with Crippen molar-refractivity contribution in [2.75, 3.05) is 13.1 Å². The standard InChI is InChI=1S/C15H21N3O3/c1-3-15(13(19)20)6-7-18(10-15)14(21)17-9-12-5-4-11(2)16-8-12/h4-5,8H,3,6-7,9-10H2,1-2H3,(H,17,21)(H,19,20). The molecule has 0 aromatic carbocycles. The van der Waals surface area contributed by atoms with Crippen LogP contribution < -0.4 is 5.32 Å². The molecule has 2 amide bonds. The van der Waals surface area contributed by atoms with Gasteiger partial charge in [0.15, 0.2) is 0 Å². The van der Waals surface area contributed by atoms with Gasteiger partial charge in [-0.05, 0) is 31.4 Å². The average Bonchev–Trinajstić information content (AvgIpc) is 2.92. The fourth-order valence-electron chi connectivity index (χ4n) is 2.55. The lowest BCUT2D eigenvalue weighted by atomic mass is 9.84. The molecule has 0 saturated carbocycles. The van der Waals surface area contributed by atoms with E-state index in [4.69, 9.17) is 0 Å². The van der Waals surface area contributed by atoms with Gasteiger partial charge in [0.2, 0.25) is 0 Å². The lowest BCUT2D eigenvalue weighted by molar-refractivity contribution is -0.148. The van der Waals surface area contributed by atoms with Gasteiger partial charge in [-0.1, -0.05) is 13.0 Å². The molecule has 6 nitrogen and oxygen atoms in total. The summed E-state index contributed by atoms with van der Waals surface area (Å²) in [6, 6.07) is 3.59.